The number of hydrogen-bond donors (Lipinski definition) is 3. The Morgan fingerprint density at radius 1 is 1.05 bits per heavy atom. The first kappa shape index (κ1) is 16.1. The second kappa shape index (κ2) is 7.66. The van der Waals surface area contributed by atoms with E-state index in [-0.39, 0.29) is 11.9 Å². The number of urea groups is 1. The Labute approximate surface area is 126 Å². The molecule has 0 heterocycles. The van der Waals surface area contributed by atoms with Crippen molar-refractivity contribution in [3.05, 3.63) is 0 Å². The summed E-state index contributed by atoms with van der Waals surface area (Å²) in [5.41, 5.74) is 0. The molecule has 2 aliphatic carbocycles. The van der Waals surface area contributed by atoms with Crippen LogP contribution in [0.1, 0.15) is 58.3 Å². The normalized spacial score (nSPS) is 33.2. The van der Waals surface area contributed by atoms with Crippen molar-refractivity contribution < 1.29 is 14.7 Å². The molecule has 2 amide bonds. The third-order valence-corrected chi connectivity index (χ3v) is 5.18. The van der Waals surface area contributed by atoms with E-state index in [4.69, 9.17) is 5.11 Å². The van der Waals surface area contributed by atoms with Gasteiger partial charge in [-0.25, -0.2) is 4.79 Å². The van der Waals surface area contributed by atoms with Crippen molar-refractivity contribution in [1.82, 2.24) is 10.6 Å². The van der Waals surface area contributed by atoms with Crippen LogP contribution in [0.3, 0.4) is 0 Å². The molecule has 0 bridgehead atoms. The molecule has 0 aromatic heterocycles. The predicted octanol–water partition coefficient (Wildman–Crippen LogP) is 2.76. The van der Waals surface area contributed by atoms with Crippen LogP contribution < -0.4 is 10.6 Å². The van der Waals surface area contributed by atoms with Crippen LogP contribution in [0.5, 0.6) is 0 Å². The van der Waals surface area contributed by atoms with E-state index in [1.54, 1.807) is 0 Å². The molecule has 2 fully saturated rings. The summed E-state index contributed by atoms with van der Waals surface area (Å²) in [6.07, 6.45) is 8.03. The van der Waals surface area contributed by atoms with E-state index in [1.807, 2.05) is 0 Å². The Morgan fingerprint density at radius 3 is 2.33 bits per heavy atom. The first-order chi connectivity index (χ1) is 10.1. The third kappa shape index (κ3) is 4.90. The molecule has 0 spiro atoms. The molecule has 5 heteroatoms. The van der Waals surface area contributed by atoms with Gasteiger partial charge in [0.2, 0.25) is 0 Å². The van der Waals surface area contributed by atoms with Gasteiger partial charge in [-0.1, -0.05) is 19.8 Å². The smallest absolute Gasteiger partial charge is 0.315 e. The number of nitrogens with one attached hydrogen (secondary N) is 2. The van der Waals surface area contributed by atoms with Crippen molar-refractivity contribution in [3.8, 4) is 0 Å². The fourth-order valence-electron chi connectivity index (χ4n) is 3.60. The maximum atomic E-state index is 12.0. The summed E-state index contributed by atoms with van der Waals surface area (Å²) in [5.74, 6) is 0.134. The zero-order chi connectivity index (χ0) is 15.2. The summed E-state index contributed by atoms with van der Waals surface area (Å²) in [5, 5.41) is 15.0. The average molecular weight is 296 g/mol. The Balaban J connectivity index is 1.64. The molecular formula is C16H28N2O3. The first-order valence-electron chi connectivity index (χ1n) is 8.33. The lowest BCUT2D eigenvalue weighted by atomic mass is 9.82. The van der Waals surface area contributed by atoms with Crippen molar-refractivity contribution in [2.45, 2.75) is 64.3 Å². The summed E-state index contributed by atoms with van der Waals surface area (Å²) in [6.45, 7) is 2.87. The Morgan fingerprint density at radius 2 is 1.71 bits per heavy atom. The maximum Gasteiger partial charge on any atom is 0.315 e. The highest BCUT2D eigenvalue weighted by Gasteiger charge is 2.27. The molecule has 0 aliphatic heterocycles. The van der Waals surface area contributed by atoms with Crippen LogP contribution >= 0.6 is 0 Å². The summed E-state index contributed by atoms with van der Waals surface area (Å²) >= 11 is 0. The number of carboxylic acid groups (broad SMARTS) is 1. The largest absolute Gasteiger partial charge is 0.481 e. The fraction of sp³-hybridized carbons (Fsp3) is 0.875. The first-order valence-corrected chi connectivity index (χ1v) is 8.33. The zero-order valence-corrected chi connectivity index (χ0v) is 12.9. The molecule has 120 valence electrons. The van der Waals surface area contributed by atoms with E-state index in [0.717, 1.165) is 32.1 Å². The van der Waals surface area contributed by atoms with Gasteiger partial charge < -0.3 is 15.7 Å². The van der Waals surface area contributed by atoms with Crippen molar-refractivity contribution in [3.63, 3.8) is 0 Å². The Hall–Kier alpha value is -1.26. The number of rotatable bonds is 4. The number of aliphatic carboxylic acids is 1. The molecule has 2 saturated carbocycles. The standard InChI is InChI=1S/C16H28N2O3/c1-11-4-2-3-5-14(11)18-16(21)17-10-12-6-8-13(9-7-12)15(19)20/h11-14H,2-10H2,1H3,(H,19,20)(H2,17,18,21). The monoisotopic (exact) mass is 296 g/mol. The van der Waals surface area contributed by atoms with Crippen LogP contribution in [0, 0.1) is 17.8 Å². The second-order valence-electron chi connectivity index (χ2n) is 6.78. The SMILES string of the molecule is CC1CCCCC1NC(=O)NCC1CCC(C(=O)O)CC1. The molecule has 3 N–H and O–H groups in total. The minimum atomic E-state index is -0.676. The topological polar surface area (TPSA) is 78.4 Å². The fourth-order valence-corrected chi connectivity index (χ4v) is 3.60. The van der Waals surface area contributed by atoms with Gasteiger partial charge in [-0.05, 0) is 50.4 Å². The average Bonchev–Trinajstić information content (AvgIpc) is 2.48. The van der Waals surface area contributed by atoms with E-state index < -0.39 is 5.97 Å². The van der Waals surface area contributed by atoms with Gasteiger partial charge in [-0.3, -0.25) is 4.79 Å². The summed E-state index contributed by atoms with van der Waals surface area (Å²) < 4.78 is 0. The Kier molecular flexibility index (Phi) is 5.88. The van der Waals surface area contributed by atoms with Crippen LogP contribution in [0.4, 0.5) is 4.79 Å². The van der Waals surface area contributed by atoms with Crippen molar-refractivity contribution in [2.75, 3.05) is 6.54 Å². The van der Waals surface area contributed by atoms with Gasteiger partial charge in [0.05, 0.1) is 5.92 Å². The maximum absolute atomic E-state index is 12.0. The van der Waals surface area contributed by atoms with Gasteiger partial charge in [-0.2, -0.15) is 0 Å². The van der Waals surface area contributed by atoms with Crippen molar-refractivity contribution in [2.24, 2.45) is 17.8 Å². The molecule has 0 aromatic rings. The van der Waals surface area contributed by atoms with Crippen LogP contribution in [-0.2, 0) is 4.79 Å². The van der Waals surface area contributed by atoms with E-state index in [0.29, 0.717) is 24.4 Å². The highest BCUT2D eigenvalue weighted by molar-refractivity contribution is 5.74. The molecule has 0 radical (unpaired) electrons. The van der Waals surface area contributed by atoms with Crippen LogP contribution in [0.2, 0.25) is 0 Å². The quantitative estimate of drug-likeness (QED) is 0.746. The van der Waals surface area contributed by atoms with Crippen molar-refractivity contribution in [1.29, 1.82) is 0 Å². The molecule has 0 saturated heterocycles. The third-order valence-electron chi connectivity index (χ3n) is 5.18. The van der Waals surface area contributed by atoms with Gasteiger partial charge in [-0.15, -0.1) is 0 Å². The highest BCUT2D eigenvalue weighted by Crippen LogP contribution is 2.28. The molecule has 2 unspecified atom stereocenters. The number of carboxylic acids is 1. The Bertz CT molecular complexity index is 365. The molecule has 2 atom stereocenters. The second-order valence-corrected chi connectivity index (χ2v) is 6.78. The van der Waals surface area contributed by atoms with Crippen LogP contribution in [0.15, 0.2) is 0 Å². The van der Waals surface area contributed by atoms with Crippen LogP contribution in [0.25, 0.3) is 0 Å². The minimum absolute atomic E-state index is 0.0610. The molecular weight excluding hydrogens is 268 g/mol. The lowest BCUT2D eigenvalue weighted by Crippen LogP contribution is -2.47. The number of amides is 2. The lowest BCUT2D eigenvalue weighted by molar-refractivity contribution is -0.143. The number of carbonyl (C=O) groups is 2. The van der Waals surface area contributed by atoms with Gasteiger partial charge in [0.1, 0.15) is 0 Å². The zero-order valence-electron chi connectivity index (χ0n) is 12.9. The van der Waals surface area contributed by atoms with E-state index >= 15 is 0 Å². The molecule has 2 rings (SSSR count). The summed E-state index contributed by atoms with van der Waals surface area (Å²) in [7, 11) is 0. The van der Waals surface area contributed by atoms with E-state index in [9.17, 15) is 9.59 Å². The summed E-state index contributed by atoms with van der Waals surface area (Å²) in [4.78, 5) is 22.9. The van der Waals surface area contributed by atoms with Gasteiger partial charge in [0, 0.05) is 12.6 Å². The van der Waals surface area contributed by atoms with Crippen LogP contribution in [-0.4, -0.2) is 29.7 Å². The van der Waals surface area contributed by atoms with Gasteiger partial charge in [0.15, 0.2) is 0 Å². The van der Waals surface area contributed by atoms with Crippen molar-refractivity contribution >= 4 is 12.0 Å². The summed E-state index contributed by atoms with van der Waals surface area (Å²) in [6, 6.07) is 0.246. The lowest BCUT2D eigenvalue weighted by Gasteiger charge is -2.30. The van der Waals surface area contributed by atoms with E-state index in [1.165, 1.54) is 19.3 Å². The van der Waals surface area contributed by atoms with Gasteiger partial charge >= 0.3 is 12.0 Å². The van der Waals surface area contributed by atoms with E-state index in [2.05, 4.69) is 17.6 Å². The minimum Gasteiger partial charge on any atom is -0.481 e. The number of hydrogen-bond acceptors (Lipinski definition) is 2. The van der Waals surface area contributed by atoms with Gasteiger partial charge in [0.25, 0.3) is 0 Å². The predicted molar refractivity (Wildman–Crippen MR) is 81.0 cm³/mol. The molecule has 2 aliphatic rings. The molecule has 5 nitrogen and oxygen atoms in total. The molecule has 21 heavy (non-hydrogen) atoms. The molecule has 0 aromatic carbocycles. The number of carbonyl (C=O) groups excluding carboxylic acids is 1. The highest BCUT2D eigenvalue weighted by atomic mass is 16.4.